The van der Waals surface area contributed by atoms with E-state index in [1.807, 2.05) is 30.5 Å². The van der Waals surface area contributed by atoms with Crippen LogP contribution in [0.25, 0.3) is 10.8 Å². The second-order valence-corrected chi connectivity index (χ2v) is 5.84. The number of benzene rings is 1. The molecule has 0 saturated heterocycles. The number of pyridine rings is 1. The van der Waals surface area contributed by atoms with Gasteiger partial charge in [-0.1, -0.05) is 13.0 Å². The smallest absolute Gasteiger partial charge is 0.343 e. The molecule has 0 bridgehead atoms. The Morgan fingerprint density at radius 1 is 1.27 bits per heavy atom. The van der Waals surface area contributed by atoms with Crippen LogP contribution in [0, 0.1) is 0 Å². The SMILES string of the molecule is CCCNC1=C(C(=O)OCC)C=NC(Nc2ccc3cnccc3c2)N1. The molecular formula is C19H23N5O2. The van der Waals surface area contributed by atoms with Crippen LogP contribution in [0.3, 0.4) is 0 Å². The van der Waals surface area contributed by atoms with Crippen molar-refractivity contribution < 1.29 is 9.53 Å². The van der Waals surface area contributed by atoms with E-state index in [4.69, 9.17) is 4.74 Å². The Morgan fingerprint density at radius 3 is 2.96 bits per heavy atom. The maximum atomic E-state index is 12.1. The molecule has 136 valence electrons. The Balaban J connectivity index is 1.75. The lowest BCUT2D eigenvalue weighted by Crippen LogP contribution is -2.43. The van der Waals surface area contributed by atoms with Gasteiger partial charge in [-0.25, -0.2) is 9.79 Å². The van der Waals surface area contributed by atoms with Crippen molar-refractivity contribution in [3.05, 3.63) is 48.1 Å². The molecule has 0 aliphatic carbocycles. The normalized spacial score (nSPS) is 16.3. The van der Waals surface area contributed by atoms with Gasteiger partial charge < -0.3 is 20.7 Å². The van der Waals surface area contributed by atoms with E-state index in [-0.39, 0.29) is 12.3 Å². The van der Waals surface area contributed by atoms with E-state index in [0.717, 1.165) is 29.4 Å². The number of carbonyl (C=O) groups is 1. The zero-order valence-electron chi connectivity index (χ0n) is 15.0. The van der Waals surface area contributed by atoms with Crippen LogP contribution in [-0.2, 0) is 9.53 Å². The maximum absolute atomic E-state index is 12.1. The lowest BCUT2D eigenvalue weighted by atomic mass is 10.1. The Hall–Kier alpha value is -3.09. The molecule has 0 saturated carbocycles. The molecule has 3 rings (SSSR count). The van der Waals surface area contributed by atoms with Gasteiger partial charge in [-0.05, 0) is 36.9 Å². The number of hydrogen-bond acceptors (Lipinski definition) is 7. The van der Waals surface area contributed by atoms with Crippen LogP contribution < -0.4 is 16.0 Å². The Morgan fingerprint density at radius 2 is 2.15 bits per heavy atom. The van der Waals surface area contributed by atoms with Crippen molar-refractivity contribution in [2.75, 3.05) is 18.5 Å². The minimum absolute atomic E-state index is 0.324. The molecule has 1 atom stereocenters. The maximum Gasteiger partial charge on any atom is 0.343 e. The summed E-state index contributed by atoms with van der Waals surface area (Å²) in [6.45, 7) is 4.92. The summed E-state index contributed by atoms with van der Waals surface area (Å²) in [5.41, 5.74) is 1.33. The van der Waals surface area contributed by atoms with Gasteiger partial charge in [-0.15, -0.1) is 0 Å². The average Bonchev–Trinajstić information content (AvgIpc) is 2.66. The molecule has 7 heteroatoms. The summed E-state index contributed by atoms with van der Waals surface area (Å²) in [5, 5.41) is 11.9. The van der Waals surface area contributed by atoms with Gasteiger partial charge in [-0.2, -0.15) is 0 Å². The van der Waals surface area contributed by atoms with Crippen molar-refractivity contribution >= 4 is 28.6 Å². The molecule has 2 aromatic rings. The third kappa shape index (κ3) is 4.11. The second kappa shape index (κ2) is 8.33. The Labute approximate surface area is 152 Å². The van der Waals surface area contributed by atoms with Gasteiger partial charge in [0.1, 0.15) is 11.4 Å². The summed E-state index contributed by atoms with van der Waals surface area (Å²) in [5.74, 6) is 0.238. The van der Waals surface area contributed by atoms with Crippen LogP contribution in [0.4, 0.5) is 5.69 Å². The van der Waals surface area contributed by atoms with Crippen LogP contribution >= 0.6 is 0 Å². The number of hydrogen-bond donors (Lipinski definition) is 3. The minimum atomic E-state index is -0.390. The molecule has 1 aromatic carbocycles. The van der Waals surface area contributed by atoms with Crippen molar-refractivity contribution in [3.8, 4) is 0 Å². The van der Waals surface area contributed by atoms with Crippen LogP contribution in [-0.4, -0.2) is 36.6 Å². The van der Waals surface area contributed by atoms with Crippen LogP contribution in [0.5, 0.6) is 0 Å². The van der Waals surface area contributed by atoms with Gasteiger partial charge >= 0.3 is 5.97 Å². The number of aromatic nitrogens is 1. The summed E-state index contributed by atoms with van der Waals surface area (Å²) in [6, 6.07) is 7.99. The van der Waals surface area contributed by atoms with Crippen LogP contribution in [0.15, 0.2) is 53.0 Å². The first-order valence-corrected chi connectivity index (χ1v) is 8.76. The number of ether oxygens (including phenoxy) is 1. The summed E-state index contributed by atoms with van der Waals surface area (Å²) in [4.78, 5) is 20.6. The van der Waals surface area contributed by atoms with E-state index in [1.165, 1.54) is 0 Å². The number of rotatable bonds is 7. The molecule has 1 unspecified atom stereocenters. The zero-order chi connectivity index (χ0) is 18.4. The number of carbonyl (C=O) groups excluding carboxylic acids is 1. The van der Waals surface area contributed by atoms with Gasteiger partial charge in [0.05, 0.1) is 6.61 Å². The summed E-state index contributed by atoms with van der Waals surface area (Å²) in [7, 11) is 0. The fraction of sp³-hybridized carbons (Fsp3) is 0.316. The molecule has 1 aliphatic rings. The third-order valence-electron chi connectivity index (χ3n) is 3.89. The second-order valence-electron chi connectivity index (χ2n) is 5.84. The Bertz CT molecular complexity index is 847. The van der Waals surface area contributed by atoms with E-state index in [2.05, 4.69) is 32.9 Å². The van der Waals surface area contributed by atoms with Gasteiger partial charge in [0.2, 0.25) is 0 Å². The van der Waals surface area contributed by atoms with E-state index >= 15 is 0 Å². The summed E-state index contributed by atoms with van der Waals surface area (Å²) in [6.07, 6.45) is 5.71. The zero-order valence-corrected chi connectivity index (χ0v) is 15.0. The number of esters is 1. The standard InChI is InChI=1S/C19H23N5O2/c1-3-8-21-17-16(18(25)26-4-2)12-22-19(24-17)23-15-6-5-14-11-20-9-7-13(14)10-15/h5-7,9-12,19,21,23-24H,3-4,8H2,1-2H3. The molecular weight excluding hydrogens is 330 g/mol. The highest BCUT2D eigenvalue weighted by Gasteiger charge is 2.22. The van der Waals surface area contributed by atoms with Crippen LogP contribution in [0.2, 0.25) is 0 Å². The first kappa shape index (κ1) is 17.7. The predicted molar refractivity (Wildman–Crippen MR) is 103 cm³/mol. The summed E-state index contributed by atoms with van der Waals surface area (Å²) < 4.78 is 5.10. The molecule has 26 heavy (non-hydrogen) atoms. The van der Waals surface area contributed by atoms with Crippen LogP contribution in [0.1, 0.15) is 20.3 Å². The highest BCUT2D eigenvalue weighted by atomic mass is 16.5. The Kier molecular flexibility index (Phi) is 5.68. The van der Waals surface area contributed by atoms with Crippen molar-refractivity contribution in [2.45, 2.75) is 26.6 Å². The predicted octanol–water partition coefficient (Wildman–Crippen LogP) is 2.38. The van der Waals surface area contributed by atoms with Crippen molar-refractivity contribution in [1.82, 2.24) is 15.6 Å². The van der Waals surface area contributed by atoms with Gasteiger partial charge in [0, 0.05) is 36.2 Å². The summed E-state index contributed by atoms with van der Waals surface area (Å²) >= 11 is 0. The fourth-order valence-electron chi connectivity index (χ4n) is 2.63. The molecule has 0 fully saturated rings. The highest BCUT2D eigenvalue weighted by Crippen LogP contribution is 2.19. The van der Waals surface area contributed by atoms with Gasteiger partial charge in [0.15, 0.2) is 6.29 Å². The number of anilines is 1. The molecule has 0 amide bonds. The molecule has 0 spiro atoms. The quantitative estimate of drug-likeness (QED) is 0.663. The van der Waals surface area contributed by atoms with E-state index in [1.54, 1.807) is 19.3 Å². The first-order valence-electron chi connectivity index (χ1n) is 8.76. The fourth-order valence-corrected chi connectivity index (χ4v) is 2.63. The van der Waals surface area contributed by atoms with Gasteiger partial charge in [0.25, 0.3) is 0 Å². The molecule has 3 N–H and O–H groups in total. The largest absolute Gasteiger partial charge is 0.462 e. The van der Waals surface area contributed by atoms with Crippen molar-refractivity contribution in [3.63, 3.8) is 0 Å². The van der Waals surface area contributed by atoms with E-state index in [0.29, 0.717) is 18.0 Å². The number of nitrogens with zero attached hydrogens (tertiary/aromatic N) is 2. The van der Waals surface area contributed by atoms with Gasteiger partial charge in [-0.3, -0.25) is 4.98 Å². The highest BCUT2D eigenvalue weighted by molar-refractivity contribution is 6.10. The average molecular weight is 353 g/mol. The van der Waals surface area contributed by atoms with Crippen molar-refractivity contribution in [1.29, 1.82) is 0 Å². The molecule has 2 heterocycles. The molecule has 0 radical (unpaired) electrons. The topological polar surface area (TPSA) is 87.6 Å². The number of nitrogens with one attached hydrogen (secondary N) is 3. The molecule has 1 aliphatic heterocycles. The first-order chi connectivity index (χ1) is 12.7. The van der Waals surface area contributed by atoms with E-state index in [9.17, 15) is 4.79 Å². The third-order valence-corrected chi connectivity index (χ3v) is 3.89. The van der Waals surface area contributed by atoms with E-state index < -0.39 is 0 Å². The lowest BCUT2D eigenvalue weighted by Gasteiger charge is -2.26. The number of fused-ring (bicyclic) bond motifs is 1. The lowest BCUT2D eigenvalue weighted by molar-refractivity contribution is -0.137. The molecule has 1 aromatic heterocycles. The monoisotopic (exact) mass is 353 g/mol. The van der Waals surface area contributed by atoms with Crippen molar-refractivity contribution in [2.24, 2.45) is 4.99 Å². The number of aliphatic imine (C=N–C) groups is 1. The molecule has 7 nitrogen and oxygen atoms in total. The minimum Gasteiger partial charge on any atom is -0.462 e.